The first-order valence-corrected chi connectivity index (χ1v) is 8.18. The molecule has 0 aliphatic rings. The molecule has 0 heterocycles. The highest BCUT2D eigenvalue weighted by molar-refractivity contribution is 7.89. The van der Waals surface area contributed by atoms with E-state index in [1.807, 2.05) is 24.3 Å². The molecule has 5 heteroatoms. The molecule has 2 aromatic carbocycles. The van der Waals surface area contributed by atoms with Crippen molar-refractivity contribution >= 4 is 10.0 Å². The average Bonchev–Trinajstić information content (AvgIpc) is 2.48. The minimum Gasteiger partial charge on any atom is -0.207 e. The van der Waals surface area contributed by atoms with Crippen LogP contribution in [0.4, 0.5) is 4.39 Å². The SMILES string of the molecule is CCc1ccc(CN(C)S(=O)(=O)c2ccccc2F)cc1. The monoisotopic (exact) mass is 307 g/mol. The molecular weight excluding hydrogens is 289 g/mol. The van der Waals surface area contributed by atoms with Gasteiger partial charge in [0.15, 0.2) is 0 Å². The molecule has 2 aromatic rings. The molecule has 0 N–H and O–H groups in total. The van der Waals surface area contributed by atoms with Crippen LogP contribution in [-0.4, -0.2) is 19.8 Å². The van der Waals surface area contributed by atoms with E-state index in [9.17, 15) is 12.8 Å². The zero-order valence-electron chi connectivity index (χ0n) is 12.1. The summed E-state index contributed by atoms with van der Waals surface area (Å²) < 4.78 is 39.6. The molecule has 21 heavy (non-hydrogen) atoms. The van der Waals surface area contributed by atoms with Crippen molar-refractivity contribution in [2.24, 2.45) is 0 Å². The normalized spacial score (nSPS) is 11.8. The van der Waals surface area contributed by atoms with Crippen LogP contribution >= 0.6 is 0 Å². The Kier molecular flexibility index (Phi) is 4.75. The largest absolute Gasteiger partial charge is 0.246 e. The molecular formula is C16H18FNO2S. The van der Waals surface area contributed by atoms with Crippen LogP contribution < -0.4 is 0 Å². The van der Waals surface area contributed by atoms with Gasteiger partial charge in [-0.3, -0.25) is 0 Å². The lowest BCUT2D eigenvalue weighted by Gasteiger charge is -2.17. The second-order valence-corrected chi connectivity index (χ2v) is 6.87. The van der Waals surface area contributed by atoms with Crippen molar-refractivity contribution in [2.45, 2.75) is 24.8 Å². The number of aryl methyl sites for hydroxylation is 1. The number of benzene rings is 2. The summed E-state index contributed by atoms with van der Waals surface area (Å²) in [4.78, 5) is -0.294. The lowest BCUT2D eigenvalue weighted by molar-refractivity contribution is 0.460. The highest BCUT2D eigenvalue weighted by atomic mass is 32.2. The molecule has 112 valence electrons. The predicted molar refractivity (Wildman–Crippen MR) is 80.9 cm³/mol. The summed E-state index contributed by atoms with van der Waals surface area (Å²) in [6.07, 6.45) is 0.934. The smallest absolute Gasteiger partial charge is 0.207 e. The predicted octanol–water partition coefficient (Wildman–Crippen LogP) is 3.21. The topological polar surface area (TPSA) is 37.4 Å². The van der Waals surface area contributed by atoms with Crippen LogP contribution in [0.3, 0.4) is 0 Å². The molecule has 0 amide bonds. The molecule has 3 nitrogen and oxygen atoms in total. The van der Waals surface area contributed by atoms with Gasteiger partial charge in [0.05, 0.1) is 0 Å². The molecule has 0 spiro atoms. The van der Waals surface area contributed by atoms with E-state index in [2.05, 4.69) is 6.92 Å². The molecule has 0 atom stereocenters. The van der Waals surface area contributed by atoms with Crippen LogP contribution in [0.1, 0.15) is 18.1 Å². The molecule has 0 radical (unpaired) electrons. The van der Waals surface area contributed by atoms with Gasteiger partial charge < -0.3 is 0 Å². The summed E-state index contributed by atoms with van der Waals surface area (Å²) >= 11 is 0. The van der Waals surface area contributed by atoms with Gasteiger partial charge in [-0.15, -0.1) is 0 Å². The summed E-state index contributed by atoms with van der Waals surface area (Å²) in [5.74, 6) is -0.731. The maximum atomic E-state index is 13.7. The number of rotatable bonds is 5. The Morgan fingerprint density at radius 3 is 2.14 bits per heavy atom. The van der Waals surface area contributed by atoms with Crippen molar-refractivity contribution in [3.8, 4) is 0 Å². The Morgan fingerprint density at radius 1 is 1.00 bits per heavy atom. The minimum absolute atomic E-state index is 0.209. The number of hydrogen-bond acceptors (Lipinski definition) is 2. The first kappa shape index (κ1) is 15.7. The van der Waals surface area contributed by atoms with Crippen molar-refractivity contribution in [2.75, 3.05) is 7.05 Å². The Balaban J connectivity index is 2.22. The molecule has 0 saturated carbocycles. The molecule has 0 fully saturated rings. The summed E-state index contributed by atoms with van der Waals surface area (Å²) in [7, 11) is -2.37. The fourth-order valence-corrected chi connectivity index (χ4v) is 3.26. The van der Waals surface area contributed by atoms with Crippen molar-refractivity contribution in [1.29, 1.82) is 0 Å². The number of halogens is 1. The van der Waals surface area contributed by atoms with Crippen LogP contribution in [0, 0.1) is 5.82 Å². The highest BCUT2D eigenvalue weighted by Gasteiger charge is 2.24. The first-order valence-electron chi connectivity index (χ1n) is 6.74. The van der Waals surface area contributed by atoms with Gasteiger partial charge in [-0.2, -0.15) is 4.31 Å². The maximum absolute atomic E-state index is 13.7. The molecule has 0 unspecified atom stereocenters. The molecule has 0 saturated heterocycles. The van der Waals surface area contributed by atoms with E-state index in [-0.39, 0.29) is 11.4 Å². The van der Waals surface area contributed by atoms with Gasteiger partial charge in [0, 0.05) is 13.6 Å². The molecule has 0 bridgehead atoms. The van der Waals surface area contributed by atoms with E-state index in [1.54, 1.807) is 0 Å². The van der Waals surface area contributed by atoms with E-state index >= 15 is 0 Å². The van der Waals surface area contributed by atoms with Crippen molar-refractivity contribution < 1.29 is 12.8 Å². The van der Waals surface area contributed by atoms with Crippen molar-refractivity contribution in [3.05, 3.63) is 65.5 Å². The lowest BCUT2D eigenvalue weighted by atomic mass is 10.1. The summed E-state index contributed by atoms with van der Waals surface area (Å²) in [5.41, 5.74) is 2.06. The van der Waals surface area contributed by atoms with Gasteiger partial charge in [0.2, 0.25) is 10.0 Å². The first-order chi connectivity index (χ1) is 9.95. The highest BCUT2D eigenvalue weighted by Crippen LogP contribution is 2.19. The Morgan fingerprint density at radius 2 is 1.57 bits per heavy atom. The van der Waals surface area contributed by atoms with Crippen LogP contribution in [0.15, 0.2) is 53.4 Å². The quantitative estimate of drug-likeness (QED) is 0.850. The van der Waals surface area contributed by atoms with Gasteiger partial charge in [-0.1, -0.05) is 43.3 Å². The van der Waals surface area contributed by atoms with Crippen molar-refractivity contribution in [3.63, 3.8) is 0 Å². The number of sulfonamides is 1. The van der Waals surface area contributed by atoms with Crippen LogP contribution in [0.2, 0.25) is 0 Å². The molecule has 2 rings (SSSR count). The van der Waals surface area contributed by atoms with Crippen LogP contribution in [0.5, 0.6) is 0 Å². The summed E-state index contributed by atoms with van der Waals surface area (Å²) in [6, 6.07) is 13.1. The van der Waals surface area contributed by atoms with Crippen LogP contribution in [-0.2, 0) is 23.0 Å². The second-order valence-electron chi connectivity index (χ2n) is 4.86. The third-order valence-corrected chi connectivity index (χ3v) is 5.20. The van der Waals surface area contributed by atoms with E-state index in [0.29, 0.717) is 0 Å². The zero-order chi connectivity index (χ0) is 15.5. The van der Waals surface area contributed by atoms with Gasteiger partial charge in [-0.25, -0.2) is 12.8 Å². The molecule has 0 aromatic heterocycles. The van der Waals surface area contributed by atoms with Crippen LogP contribution in [0.25, 0.3) is 0 Å². The molecule has 0 aliphatic carbocycles. The average molecular weight is 307 g/mol. The number of nitrogens with zero attached hydrogens (tertiary/aromatic N) is 1. The fourth-order valence-electron chi connectivity index (χ4n) is 2.04. The zero-order valence-corrected chi connectivity index (χ0v) is 12.9. The van der Waals surface area contributed by atoms with Gasteiger partial charge in [0.25, 0.3) is 0 Å². The Labute approximate surface area is 125 Å². The minimum atomic E-state index is -3.83. The third-order valence-electron chi connectivity index (χ3n) is 3.36. The summed E-state index contributed by atoms with van der Waals surface area (Å²) in [5, 5.41) is 0. The van der Waals surface area contributed by atoms with Gasteiger partial charge >= 0.3 is 0 Å². The van der Waals surface area contributed by atoms with E-state index in [4.69, 9.17) is 0 Å². The van der Waals surface area contributed by atoms with E-state index in [1.165, 1.54) is 30.8 Å². The molecule has 0 aliphatic heterocycles. The van der Waals surface area contributed by atoms with Gasteiger partial charge in [0.1, 0.15) is 10.7 Å². The van der Waals surface area contributed by atoms with E-state index < -0.39 is 15.8 Å². The number of hydrogen-bond donors (Lipinski definition) is 0. The standard InChI is InChI=1S/C16H18FNO2S/c1-3-13-8-10-14(11-9-13)12-18(2)21(19,20)16-7-5-4-6-15(16)17/h4-11H,3,12H2,1-2H3. The Bertz CT molecular complexity index is 711. The van der Waals surface area contributed by atoms with Crippen molar-refractivity contribution in [1.82, 2.24) is 4.31 Å². The van der Waals surface area contributed by atoms with E-state index in [0.717, 1.165) is 22.4 Å². The van der Waals surface area contributed by atoms with Gasteiger partial charge in [-0.05, 0) is 29.7 Å². The maximum Gasteiger partial charge on any atom is 0.246 e. The second kappa shape index (κ2) is 6.37. The summed E-state index contributed by atoms with van der Waals surface area (Å²) in [6.45, 7) is 2.27. The Hall–Kier alpha value is -1.72. The lowest BCUT2D eigenvalue weighted by Crippen LogP contribution is -2.27. The third kappa shape index (κ3) is 3.49. The fraction of sp³-hybridized carbons (Fsp3) is 0.250.